The Morgan fingerprint density at radius 3 is 2.61 bits per heavy atom. The topological polar surface area (TPSA) is 69.6 Å². The molecule has 98 valence electrons. The summed E-state index contributed by atoms with van der Waals surface area (Å²) < 4.78 is 13.5. The lowest BCUT2D eigenvalue weighted by Gasteiger charge is -2.13. The number of nitrogens with one attached hydrogen (secondary N) is 1. The Kier molecular flexibility index (Phi) is 4.65. The van der Waals surface area contributed by atoms with Crippen molar-refractivity contribution in [2.45, 2.75) is 6.42 Å². The summed E-state index contributed by atoms with van der Waals surface area (Å²) in [6.45, 7) is 0.179. The lowest BCUT2D eigenvalue weighted by Crippen LogP contribution is -2.24. The van der Waals surface area contributed by atoms with Gasteiger partial charge in [-0.05, 0) is 12.1 Å². The molecule has 0 heterocycles. The highest BCUT2D eigenvalue weighted by atomic mass is 19.1. The number of halogens is 1. The smallest absolute Gasteiger partial charge is 0.337 e. The molecule has 0 spiro atoms. The molecule has 0 aromatic heterocycles. The first-order valence-corrected chi connectivity index (χ1v) is 5.39. The van der Waals surface area contributed by atoms with Crippen molar-refractivity contribution in [1.82, 2.24) is 4.90 Å². The Balaban J connectivity index is 2.73. The van der Waals surface area contributed by atoms with Gasteiger partial charge in [0.2, 0.25) is 5.91 Å². The van der Waals surface area contributed by atoms with Gasteiger partial charge in [0.25, 0.3) is 0 Å². The second-order valence-electron chi connectivity index (χ2n) is 3.93. The molecule has 0 radical (unpaired) electrons. The number of carboxylic acids is 1. The number of rotatable bonds is 5. The number of benzene rings is 1. The first-order valence-electron chi connectivity index (χ1n) is 5.39. The van der Waals surface area contributed by atoms with E-state index >= 15 is 0 Å². The van der Waals surface area contributed by atoms with Crippen molar-refractivity contribution in [1.29, 1.82) is 0 Å². The third kappa shape index (κ3) is 3.44. The predicted molar refractivity (Wildman–Crippen MR) is 65.2 cm³/mol. The monoisotopic (exact) mass is 254 g/mol. The molecule has 0 bridgehead atoms. The van der Waals surface area contributed by atoms with Crippen molar-refractivity contribution in [3.8, 4) is 0 Å². The quantitative estimate of drug-likeness (QED) is 0.833. The van der Waals surface area contributed by atoms with E-state index in [1.54, 1.807) is 14.1 Å². The van der Waals surface area contributed by atoms with Gasteiger partial charge < -0.3 is 15.3 Å². The number of carboxylic acid groups (broad SMARTS) is 1. The molecule has 0 aliphatic carbocycles. The number of para-hydroxylation sites is 1. The number of amides is 1. The molecule has 1 rings (SSSR count). The molecule has 0 atom stereocenters. The van der Waals surface area contributed by atoms with Gasteiger partial charge in [0.15, 0.2) is 0 Å². The van der Waals surface area contributed by atoms with Crippen molar-refractivity contribution in [2.24, 2.45) is 0 Å². The average Bonchev–Trinajstić information content (AvgIpc) is 2.30. The summed E-state index contributed by atoms with van der Waals surface area (Å²) in [5.74, 6) is -1.97. The minimum atomic E-state index is -1.21. The Morgan fingerprint density at radius 2 is 2.06 bits per heavy atom. The molecule has 0 aliphatic rings. The van der Waals surface area contributed by atoms with Gasteiger partial charge in [0, 0.05) is 27.1 Å². The second-order valence-corrected chi connectivity index (χ2v) is 3.93. The molecule has 5 nitrogen and oxygen atoms in total. The summed E-state index contributed by atoms with van der Waals surface area (Å²) in [6.07, 6.45) is 0.167. The Labute approximate surface area is 104 Å². The summed E-state index contributed by atoms with van der Waals surface area (Å²) >= 11 is 0. The SMILES string of the molecule is CN(C)C(=O)CCNc1c(F)cccc1C(=O)O. The molecule has 0 unspecified atom stereocenters. The maximum atomic E-state index is 13.5. The zero-order chi connectivity index (χ0) is 13.7. The summed E-state index contributed by atoms with van der Waals surface area (Å²) in [5.41, 5.74) is -0.233. The fourth-order valence-electron chi connectivity index (χ4n) is 1.40. The van der Waals surface area contributed by atoms with Gasteiger partial charge in [0.1, 0.15) is 5.82 Å². The van der Waals surface area contributed by atoms with Crippen LogP contribution in [-0.4, -0.2) is 42.5 Å². The molecule has 1 aromatic carbocycles. The highest BCUT2D eigenvalue weighted by molar-refractivity contribution is 5.94. The number of nitrogens with zero attached hydrogens (tertiary/aromatic N) is 1. The zero-order valence-electron chi connectivity index (χ0n) is 10.2. The molecule has 0 saturated heterocycles. The number of hydrogen-bond donors (Lipinski definition) is 2. The highest BCUT2D eigenvalue weighted by Gasteiger charge is 2.14. The van der Waals surface area contributed by atoms with Crippen LogP contribution in [0.1, 0.15) is 16.8 Å². The molecule has 6 heteroatoms. The van der Waals surface area contributed by atoms with Crippen LogP contribution < -0.4 is 5.32 Å². The van der Waals surface area contributed by atoms with Crippen LogP contribution >= 0.6 is 0 Å². The van der Waals surface area contributed by atoms with Crippen LogP contribution in [0.4, 0.5) is 10.1 Å². The second kappa shape index (κ2) is 6.00. The summed E-state index contributed by atoms with van der Waals surface area (Å²) in [7, 11) is 3.24. The number of carbonyl (C=O) groups excluding carboxylic acids is 1. The lowest BCUT2D eigenvalue weighted by atomic mass is 10.1. The van der Waals surface area contributed by atoms with Crippen molar-refractivity contribution < 1.29 is 19.1 Å². The standard InChI is InChI=1S/C12H15FN2O3/c1-15(2)10(16)6-7-14-11-8(12(17)18)4-3-5-9(11)13/h3-5,14H,6-7H2,1-2H3,(H,17,18). The van der Waals surface area contributed by atoms with E-state index in [1.807, 2.05) is 0 Å². The van der Waals surface area contributed by atoms with Crippen LogP contribution in [0, 0.1) is 5.82 Å². The van der Waals surface area contributed by atoms with Gasteiger partial charge in [-0.2, -0.15) is 0 Å². The largest absolute Gasteiger partial charge is 0.478 e. The van der Waals surface area contributed by atoms with E-state index in [0.29, 0.717) is 0 Å². The molecule has 18 heavy (non-hydrogen) atoms. The maximum absolute atomic E-state index is 13.5. The third-order valence-corrected chi connectivity index (χ3v) is 2.38. The zero-order valence-corrected chi connectivity index (χ0v) is 10.2. The molecular formula is C12H15FN2O3. The molecule has 0 saturated carbocycles. The van der Waals surface area contributed by atoms with Crippen molar-refractivity contribution in [2.75, 3.05) is 26.0 Å². The molecule has 2 N–H and O–H groups in total. The van der Waals surface area contributed by atoms with Crippen LogP contribution in [0.3, 0.4) is 0 Å². The number of carbonyl (C=O) groups is 2. The summed E-state index contributed by atoms with van der Waals surface area (Å²) in [4.78, 5) is 23.6. The maximum Gasteiger partial charge on any atom is 0.337 e. The van der Waals surface area contributed by atoms with Crippen LogP contribution in [0.2, 0.25) is 0 Å². The number of hydrogen-bond acceptors (Lipinski definition) is 3. The normalized spacial score (nSPS) is 9.94. The van der Waals surface area contributed by atoms with E-state index in [-0.39, 0.29) is 30.1 Å². The van der Waals surface area contributed by atoms with Crippen molar-refractivity contribution >= 4 is 17.6 Å². The first kappa shape index (κ1) is 14.0. The molecular weight excluding hydrogens is 239 g/mol. The third-order valence-electron chi connectivity index (χ3n) is 2.38. The number of aromatic carboxylic acids is 1. The molecule has 1 amide bonds. The molecule has 0 aliphatic heterocycles. The molecule has 1 aromatic rings. The van der Waals surface area contributed by atoms with Crippen molar-refractivity contribution in [3.05, 3.63) is 29.6 Å². The molecule has 0 fully saturated rings. The van der Waals surface area contributed by atoms with Gasteiger partial charge >= 0.3 is 5.97 Å². The van der Waals surface area contributed by atoms with E-state index in [4.69, 9.17) is 5.11 Å². The minimum absolute atomic E-state index is 0.0865. The van der Waals surface area contributed by atoms with Crippen LogP contribution in [0.25, 0.3) is 0 Å². The van der Waals surface area contributed by atoms with Gasteiger partial charge in [-0.15, -0.1) is 0 Å². The van der Waals surface area contributed by atoms with E-state index in [9.17, 15) is 14.0 Å². The fourth-order valence-corrected chi connectivity index (χ4v) is 1.40. The lowest BCUT2D eigenvalue weighted by molar-refractivity contribution is -0.128. The van der Waals surface area contributed by atoms with Crippen molar-refractivity contribution in [3.63, 3.8) is 0 Å². The van der Waals surface area contributed by atoms with Gasteiger partial charge in [-0.25, -0.2) is 9.18 Å². The van der Waals surface area contributed by atoms with Gasteiger partial charge in [0.05, 0.1) is 11.3 Å². The average molecular weight is 254 g/mol. The van der Waals surface area contributed by atoms with Crippen LogP contribution in [0.15, 0.2) is 18.2 Å². The Morgan fingerprint density at radius 1 is 1.39 bits per heavy atom. The van der Waals surface area contributed by atoms with E-state index < -0.39 is 11.8 Å². The summed E-state index contributed by atoms with van der Waals surface area (Å²) in [6, 6.07) is 3.80. The van der Waals surface area contributed by atoms with Crippen LogP contribution in [-0.2, 0) is 4.79 Å². The van der Waals surface area contributed by atoms with E-state index in [0.717, 1.165) is 0 Å². The van der Waals surface area contributed by atoms with Crippen LogP contribution in [0.5, 0.6) is 0 Å². The summed E-state index contributed by atoms with van der Waals surface area (Å²) in [5, 5.41) is 11.6. The first-order chi connectivity index (χ1) is 8.43. The predicted octanol–water partition coefficient (Wildman–Crippen LogP) is 1.41. The number of anilines is 1. The Hall–Kier alpha value is -2.11. The minimum Gasteiger partial charge on any atom is -0.478 e. The van der Waals surface area contributed by atoms with E-state index in [2.05, 4.69) is 5.32 Å². The Bertz CT molecular complexity index is 461. The fraction of sp³-hybridized carbons (Fsp3) is 0.333. The van der Waals surface area contributed by atoms with E-state index in [1.165, 1.54) is 23.1 Å². The highest BCUT2D eigenvalue weighted by Crippen LogP contribution is 2.19. The van der Waals surface area contributed by atoms with Gasteiger partial charge in [-0.1, -0.05) is 6.07 Å². The van der Waals surface area contributed by atoms with Gasteiger partial charge in [-0.3, -0.25) is 4.79 Å².